The number of halogens is 1. The highest BCUT2D eigenvalue weighted by Gasteiger charge is 2.21. The Kier molecular flexibility index (Phi) is 4.63. The maximum atomic E-state index is 12.4. The minimum Gasteiger partial charge on any atom is -0.207 e. The lowest BCUT2D eigenvalue weighted by Crippen LogP contribution is -2.27. The summed E-state index contributed by atoms with van der Waals surface area (Å²) in [6.45, 7) is 1.72. The summed E-state index contributed by atoms with van der Waals surface area (Å²) in [5.74, 6) is 0. The van der Waals surface area contributed by atoms with Crippen LogP contribution in [0.2, 0.25) is 5.02 Å². The third kappa shape index (κ3) is 3.61. The molecule has 0 aliphatic heterocycles. The summed E-state index contributed by atoms with van der Waals surface area (Å²) >= 11 is 5.90. The summed E-state index contributed by atoms with van der Waals surface area (Å²) in [5, 5.41) is 9.55. The molecule has 2 aromatic rings. The van der Waals surface area contributed by atoms with Crippen LogP contribution in [0.3, 0.4) is 0 Å². The quantitative estimate of drug-likeness (QED) is 0.940. The average Bonchev–Trinajstić information content (AvgIpc) is 2.46. The minimum absolute atomic E-state index is 0.0265. The van der Waals surface area contributed by atoms with Crippen LogP contribution in [0.25, 0.3) is 0 Å². The van der Waals surface area contributed by atoms with Crippen LogP contribution in [0.4, 0.5) is 0 Å². The van der Waals surface area contributed by atoms with Gasteiger partial charge in [-0.1, -0.05) is 35.9 Å². The lowest BCUT2D eigenvalue weighted by Gasteiger charge is -2.15. The lowest BCUT2D eigenvalue weighted by molar-refractivity contribution is 0.566. The molecule has 0 radical (unpaired) electrons. The fourth-order valence-electron chi connectivity index (χ4n) is 1.93. The Morgan fingerprint density at radius 1 is 1.19 bits per heavy atom. The normalized spacial score (nSPS) is 12.6. The Bertz CT molecular complexity index is 797. The number of hydrogen-bond acceptors (Lipinski definition) is 3. The molecule has 108 valence electrons. The van der Waals surface area contributed by atoms with Crippen molar-refractivity contribution in [2.45, 2.75) is 17.9 Å². The Morgan fingerprint density at radius 2 is 1.90 bits per heavy atom. The summed E-state index contributed by atoms with van der Waals surface area (Å²) in [5.41, 5.74) is 0.865. The predicted octanol–water partition coefficient (Wildman–Crippen LogP) is 3.25. The van der Waals surface area contributed by atoms with Gasteiger partial charge in [-0.2, -0.15) is 5.26 Å². The molecule has 21 heavy (non-hydrogen) atoms. The Hall–Kier alpha value is -1.87. The first-order valence-corrected chi connectivity index (χ1v) is 8.07. The van der Waals surface area contributed by atoms with Gasteiger partial charge in [0.1, 0.15) is 6.07 Å². The molecule has 0 saturated carbocycles. The van der Waals surface area contributed by atoms with Crippen LogP contribution < -0.4 is 4.72 Å². The Morgan fingerprint density at radius 3 is 2.57 bits per heavy atom. The Labute approximate surface area is 129 Å². The van der Waals surface area contributed by atoms with Gasteiger partial charge in [0.2, 0.25) is 10.0 Å². The summed E-state index contributed by atoms with van der Waals surface area (Å²) < 4.78 is 27.3. The van der Waals surface area contributed by atoms with Crippen molar-refractivity contribution < 1.29 is 8.42 Å². The molecule has 0 spiro atoms. The molecule has 6 heteroatoms. The number of nitrogens with one attached hydrogen (secondary N) is 1. The van der Waals surface area contributed by atoms with Crippen LogP contribution in [0.15, 0.2) is 53.4 Å². The number of nitriles is 1. The minimum atomic E-state index is -3.78. The highest BCUT2D eigenvalue weighted by molar-refractivity contribution is 7.89. The fourth-order valence-corrected chi connectivity index (χ4v) is 3.52. The SMILES string of the molecule is CC(NS(=O)(=O)c1ccccc1C#N)c1cccc(Cl)c1. The zero-order valence-electron chi connectivity index (χ0n) is 11.2. The van der Waals surface area contributed by atoms with Crippen molar-refractivity contribution in [2.24, 2.45) is 0 Å². The van der Waals surface area contributed by atoms with E-state index in [1.165, 1.54) is 12.1 Å². The second-order valence-corrected chi connectivity index (χ2v) is 6.62. The van der Waals surface area contributed by atoms with E-state index in [4.69, 9.17) is 16.9 Å². The second-order valence-electron chi connectivity index (χ2n) is 4.51. The van der Waals surface area contributed by atoms with Crippen molar-refractivity contribution in [1.82, 2.24) is 4.72 Å². The molecule has 0 bridgehead atoms. The van der Waals surface area contributed by atoms with Crippen molar-refractivity contribution >= 4 is 21.6 Å². The highest BCUT2D eigenvalue weighted by Crippen LogP contribution is 2.21. The maximum absolute atomic E-state index is 12.4. The van der Waals surface area contributed by atoms with Crippen LogP contribution in [0.5, 0.6) is 0 Å². The van der Waals surface area contributed by atoms with E-state index < -0.39 is 16.1 Å². The van der Waals surface area contributed by atoms with E-state index in [1.54, 1.807) is 43.3 Å². The molecule has 0 heterocycles. The van der Waals surface area contributed by atoms with Gasteiger partial charge in [-0.25, -0.2) is 13.1 Å². The van der Waals surface area contributed by atoms with Crippen molar-refractivity contribution in [1.29, 1.82) is 5.26 Å². The molecule has 2 aromatic carbocycles. The first-order valence-electron chi connectivity index (χ1n) is 6.21. The molecule has 1 atom stereocenters. The van der Waals surface area contributed by atoms with Crippen LogP contribution in [0.1, 0.15) is 24.1 Å². The maximum Gasteiger partial charge on any atom is 0.242 e. The molecule has 0 amide bonds. The zero-order chi connectivity index (χ0) is 15.5. The second kappa shape index (κ2) is 6.27. The van der Waals surface area contributed by atoms with Crippen molar-refractivity contribution in [3.05, 3.63) is 64.7 Å². The third-order valence-electron chi connectivity index (χ3n) is 2.98. The van der Waals surface area contributed by atoms with Crippen molar-refractivity contribution in [2.75, 3.05) is 0 Å². The van der Waals surface area contributed by atoms with Gasteiger partial charge >= 0.3 is 0 Å². The largest absolute Gasteiger partial charge is 0.242 e. The highest BCUT2D eigenvalue weighted by atomic mass is 35.5. The van der Waals surface area contributed by atoms with E-state index in [0.717, 1.165) is 5.56 Å². The summed E-state index contributed by atoms with van der Waals surface area (Å²) in [4.78, 5) is -0.0265. The van der Waals surface area contributed by atoms with Gasteiger partial charge in [0, 0.05) is 11.1 Å². The van der Waals surface area contributed by atoms with E-state index >= 15 is 0 Å². The first kappa shape index (κ1) is 15.5. The molecule has 0 fully saturated rings. The standard InChI is InChI=1S/C15H13ClN2O2S/c1-11(12-6-4-7-14(16)9-12)18-21(19,20)15-8-3-2-5-13(15)10-17/h2-9,11,18H,1H3. The molecule has 0 saturated heterocycles. The smallest absolute Gasteiger partial charge is 0.207 e. The number of rotatable bonds is 4. The predicted molar refractivity (Wildman–Crippen MR) is 81.3 cm³/mol. The third-order valence-corrected chi connectivity index (χ3v) is 4.81. The van der Waals surface area contributed by atoms with Gasteiger partial charge in [0.05, 0.1) is 10.5 Å². The first-order chi connectivity index (χ1) is 9.94. The molecule has 1 unspecified atom stereocenters. The molecule has 0 aliphatic rings. The number of benzene rings is 2. The molecule has 2 rings (SSSR count). The van der Waals surface area contributed by atoms with Gasteiger partial charge in [-0.15, -0.1) is 0 Å². The van der Waals surface area contributed by atoms with Crippen molar-refractivity contribution in [3.8, 4) is 6.07 Å². The molecule has 0 aliphatic carbocycles. The summed E-state index contributed by atoms with van der Waals surface area (Å²) in [7, 11) is -3.78. The van der Waals surface area contributed by atoms with Crippen molar-refractivity contribution in [3.63, 3.8) is 0 Å². The lowest BCUT2D eigenvalue weighted by atomic mass is 10.1. The number of sulfonamides is 1. The average molecular weight is 321 g/mol. The summed E-state index contributed by atoms with van der Waals surface area (Å²) in [6, 6.07) is 14.5. The molecular weight excluding hydrogens is 308 g/mol. The molecular formula is C15H13ClN2O2S. The van der Waals surface area contributed by atoms with Gasteiger partial charge in [0.15, 0.2) is 0 Å². The Balaban J connectivity index is 2.32. The molecule has 4 nitrogen and oxygen atoms in total. The van der Waals surface area contributed by atoms with Crippen LogP contribution in [0, 0.1) is 11.3 Å². The number of hydrogen-bond donors (Lipinski definition) is 1. The molecule has 1 N–H and O–H groups in total. The molecule has 0 aromatic heterocycles. The zero-order valence-corrected chi connectivity index (χ0v) is 12.8. The van der Waals surface area contributed by atoms with Crippen LogP contribution in [-0.2, 0) is 10.0 Å². The number of nitrogens with zero attached hydrogens (tertiary/aromatic N) is 1. The van der Waals surface area contributed by atoms with E-state index in [1.807, 2.05) is 6.07 Å². The van der Waals surface area contributed by atoms with Gasteiger partial charge in [-0.3, -0.25) is 0 Å². The summed E-state index contributed by atoms with van der Waals surface area (Å²) in [6.07, 6.45) is 0. The fraction of sp³-hybridized carbons (Fsp3) is 0.133. The van der Waals surface area contributed by atoms with Gasteiger partial charge < -0.3 is 0 Å². The monoisotopic (exact) mass is 320 g/mol. The topological polar surface area (TPSA) is 70.0 Å². The van der Waals surface area contributed by atoms with Gasteiger partial charge in [-0.05, 0) is 36.8 Å². The van der Waals surface area contributed by atoms with E-state index in [9.17, 15) is 8.42 Å². The van der Waals surface area contributed by atoms with E-state index in [-0.39, 0.29) is 10.5 Å². The van der Waals surface area contributed by atoms with Gasteiger partial charge in [0.25, 0.3) is 0 Å². The van der Waals surface area contributed by atoms with Crippen LogP contribution >= 0.6 is 11.6 Å². The van der Waals surface area contributed by atoms with Crippen LogP contribution in [-0.4, -0.2) is 8.42 Å². The van der Waals surface area contributed by atoms with E-state index in [2.05, 4.69) is 4.72 Å². The van der Waals surface area contributed by atoms with E-state index in [0.29, 0.717) is 5.02 Å².